The van der Waals surface area contributed by atoms with E-state index in [1.807, 2.05) is 25.1 Å². The molecule has 27 heavy (non-hydrogen) atoms. The summed E-state index contributed by atoms with van der Waals surface area (Å²) in [6, 6.07) is 12.4. The summed E-state index contributed by atoms with van der Waals surface area (Å²) in [5.41, 5.74) is 3.49. The Bertz CT molecular complexity index is 921. The molecule has 0 unspecified atom stereocenters. The molecule has 5 nitrogen and oxygen atoms in total. The molecular formula is C21H26N2O3S. The Morgan fingerprint density at radius 1 is 1.11 bits per heavy atom. The summed E-state index contributed by atoms with van der Waals surface area (Å²) in [7, 11) is -3.67. The molecule has 6 heteroatoms. The monoisotopic (exact) mass is 386 g/mol. The van der Waals surface area contributed by atoms with Crippen molar-refractivity contribution in [3.05, 3.63) is 53.6 Å². The lowest BCUT2D eigenvalue weighted by Crippen LogP contribution is -2.35. The Kier molecular flexibility index (Phi) is 5.85. The summed E-state index contributed by atoms with van der Waals surface area (Å²) in [6.07, 6.45) is 4.20. The molecule has 0 fully saturated rings. The number of hydrogen-bond donors (Lipinski definition) is 1. The minimum Gasteiger partial charge on any atom is -0.312 e. The molecule has 0 saturated heterocycles. The van der Waals surface area contributed by atoms with Gasteiger partial charge in [-0.15, -0.1) is 0 Å². The molecule has 1 aliphatic rings. The number of amides is 1. The Hall–Kier alpha value is -2.34. The Labute approximate surface area is 161 Å². The summed E-state index contributed by atoms with van der Waals surface area (Å²) < 4.78 is 28.1. The second-order valence-electron chi connectivity index (χ2n) is 6.85. The summed E-state index contributed by atoms with van der Waals surface area (Å²) in [5, 5.41) is 0. The first kappa shape index (κ1) is 19.4. The van der Waals surface area contributed by atoms with Gasteiger partial charge in [0.1, 0.15) is 0 Å². The Morgan fingerprint density at radius 2 is 1.85 bits per heavy atom. The van der Waals surface area contributed by atoms with Gasteiger partial charge in [0.15, 0.2) is 0 Å². The number of carbonyl (C=O) groups is 1. The van der Waals surface area contributed by atoms with Crippen molar-refractivity contribution >= 4 is 27.3 Å². The second-order valence-corrected chi connectivity index (χ2v) is 8.53. The van der Waals surface area contributed by atoms with Crippen LogP contribution in [-0.2, 0) is 27.7 Å². The minimum absolute atomic E-state index is 0.0578. The zero-order valence-electron chi connectivity index (χ0n) is 15.9. The SMILES string of the molecule is CCCc1ccc(S(=O)(=O)Nc2ccc3c(c2)N(C(=O)CC)CCC3)cc1. The maximum Gasteiger partial charge on any atom is 0.261 e. The highest BCUT2D eigenvalue weighted by molar-refractivity contribution is 7.92. The van der Waals surface area contributed by atoms with Crippen LogP contribution in [0.5, 0.6) is 0 Å². The van der Waals surface area contributed by atoms with E-state index in [9.17, 15) is 13.2 Å². The zero-order valence-corrected chi connectivity index (χ0v) is 16.7. The van der Waals surface area contributed by atoms with Crippen molar-refractivity contribution in [3.63, 3.8) is 0 Å². The van der Waals surface area contributed by atoms with Gasteiger partial charge in [0, 0.05) is 18.7 Å². The minimum atomic E-state index is -3.67. The van der Waals surface area contributed by atoms with E-state index in [0.717, 1.165) is 42.5 Å². The summed E-state index contributed by atoms with van der Waals surface area (Å²) in [6.45, 7) is 4.61. The maximum absolute atomic E-state index is 12.7. The van der Waals surface area contributed by atoms with Crippen molar-refractivity contribution in [2.45, 2.75) is 50.8 Å². The molecule has 1 amide bonds. The van der Waals surface area contributed by atoms with E-state index in [1.54, 1.807) is 29.2 Å². The summed E-state index contributed by atoms with van der Waals surface area (Å²) >= 11 is 0. The number of fused-ring (bicyclic) bond motifs is 1. The molecule has 0 saturated carbocycles. The van der Waals surface area contributed by atoms with E-state index < -0.39 is 10.0 Å². The van der Waals surface area contributed by atoms with Crippen molar-refractivity contribution in [1.29, 1.82) is 0 Å². The smallest absolute Gasteiger partial charge is 0.261 e. The molecule has 2 aromatic rings. The van der Waals surface area contributed by atoms with E-state index in [1.165, 1.54) is 0 Å². The topological polar surface area (TPSA) is 66.5 Å². The van der Waals surface area contributed by atoms with Gasteiger partial charge in [-0.05, 0) is 54.7 Å². The highest BCUT2D eigenvalue weighted by Gasteiger charge is 2.22. The molecular weight excluding hydrogens is 360 g/mol. The molecule has 0 aliphatic carbocycles. The third-order valence-electron chi connectivity index (χ3n) is 4.83. The van der Waals surface area contributed by atoms with E-state index in [0.29, 0.717) is 18.7 Å². The first-order chi connectivity index (χ1) is 12.9. The lowest BCUT2D eigenvalue weighted by Gasteiger charge is -2.29. The van der Waals surface area contributed by atoms with Crippen molar-refractivity contribution in [1.82, 2.24) is 0 Å². The van der Waals surface area contributed by atoms with Gasteiger partial charge in [0.2, 0.25) is 5.91 Å². The van der Waals surface area contributed by atoms with Crippen LogP contribution in [0.15, 0.2) is 47.4 Å². The van der Waals surface area contributed by atoms with Crippen LogP contribution < -0.4 is 9.62 Å². The van der Waals surface area contributed by atoms with Crippen molar-refractivity contribution < 1.29 is 13.2 Å². The first-order valence-corrected chi connectivity index (χ1v) is 11.0. The fourth-order valence-corrected chi connectivity index (χ4v) is 4.48. The van der Waals surface area contributed by atoms with Crippen molar-refractivity contribution in [3.8, 4) is 0 Å². The van der Waals surface area contributed by atoms with Crippen LogP contribution in [0.25, 0.3) is 0 Å². The summed E-state index contributed by atoms with van der Waals surface area (Å²) in [5.74, 6) is 0.0578. The summed E-state index contributed by atoms with van der Waals surface area (Å²) in [4.78, 5) is 14.2. The molecule has 1 N–H and O–H groups in total. The molecule has 0 radical (unpaired) electrons. The quantitative estimate of drug-likeness (QED) is 0.812. The molecule has 1 heterocycles. The number of nitrogens with zero attached hydrogens (tertiary/aromatic N) is 1. The third kappa shape index (κ3) is 4.33. The van der Waals surface area contributed by atoms with Crippen LogP contribution in [0.4, 0.5) is 11.4 Å². The molecule has 144 valence electrons. The van der Waals surface area contributed by atoms with Crippen molar-refractivity contribution in [2.24, 2.45) is 0 Å². The largest absolute Gasteiger partial charge is 0.312 e. The first-order valence-electron chi connectivity index (χ1n) is 9.49. The number of hydrogen-bond acceptors (Lipinski definition) is 3. The van der Waals surface area contributed by atoms with Gasteiger partial charge in [-0.25, -0.2) is 8.42 Å². The maximum atomic E-state index is 12.7. The van der Waals surface area contributed by atoms with Crippen LogP contribution in [0, 0.1) is 0 Å². The fraction of sp³-hybridized carbons (Fsp3) is 0.381. The van der Waals surface area contributed by atoms with Gasteiger partial charge in [0.25, 0.3) is 10.0 Å². The van der Waals surface area contributed by atoms with Gasteiger partial charge >= 0.3 is 0 Å². The fourth-order valence-electron chi connectivity index (χ4n) is 3.43. The van der Waals surface area contributed by atoms with E-state index in [-0.39, 0.29) is 10.8 Å². The standard InChI is InChI=1S/C21H26N2O3S/c1-3-6-16-8-12-19(13-9-16)27(25,26)22-18-11-10-17-7-5-14-23(20(17)15-18)21(24)4-2/h8-13,15,22H,3-7,14H2,1-2H3. The number of sulfonamides is 1. The molecule has 0 spiro atoms. The molecule has 0 atom stereocenters. The van der Waals surface area contributed by atoms with Gasteiger partial charge in [-0.1, -0.05) is 38.5 Å². The van der Waals surface area contributed by atoms with Crippen molar-refractivity contribution in [2.75, 3.05) is 16.2 Å². The predicted octanol–water partition coefficient (Wildman–Crippen LogP) is 4.13. The normalized spacial score (nSPS) is 13.9. The number of anilines is 2. The van der Waals surface area contributed by atoms with Crippen LogP contribution >= 0.6 is 0 Å². The lowest BCUT2D eigenvalue weighted by atomic mass is 10.0. The number of carbonyl (C=O) groups excluding carboxylic acids is 1. The Morgan fingerprint density at radius 3 is 2.52 bits per heavy atom. The number of nitrogens with one attached hydrogen (secondary N) is 1. The number of aryl methyl sites for hydroxylation is 2. The van der Waals surface area contributed by atoms with E-state index >= 15 is 0 Å². The van der Waals surface area contributed by atoms with Gasteiger partial charge in [0.05, 0.1) is 10.6 Å². The molecule has 0 bridgehead atoms. The Balaban J connectivity index is 1.86. The highest BCUT2D eigenvalue weighted by atomic mass is 32.2. The van der Waals surface area contributed by atoms with Crippen LogP contribution in [0.1, 0.15) is 44.2 Å². The third-order valence-corrected chi connectivity index (χ3v) is 6.23. The van der Waals surface area contributed by atoms with Crippen LogP contribution in [0.3, 0.4) is 0 Å². The van der Waals surface area contributed by atoms with Gasteiger partial charge in [-0.3, -0.25) is 9.52 Å². The molecule has 0 aromatic heterocycles. The van der Waals surface area contributed by atoms with Gasteiger partial charge in [-0.2, -0.15) is 0 Å². The average molecular weight is 387 g/mol. The predicted molar refractivity (Wildman–Crippen MR) is 109 cm³/mol. The lowest BCUT2D eigenvalue weighted by molar-refractivity contribution is -0.118. The second kappa shape index (κ2) is 8.13. The van der Waals surface area contributed by atoms with Crippen LogP contribution in [0.2, 0.25) is 0 Å². The number of rotatable bonds is 6. The highest BCUT2D eigenvalue weighted by Crippen LogP contribution is 2.31. The van der Waals surface area contributed by atoms with Gasteiger partial charge < -0.3 is 4.90 Å². The number of benzene rings is 2. The molecule has 2 aromatic carbocycles. The molecule has 3 rings (SSSR count). The van der Waals surface area contributed by atoms with E-state index in [4.69, 9.17) is 0 Å². The molecule has 1 aliphatic heterocycles. The van der Waals surface area contributed by atoms with E-state index in [2.05, 4.69) is 11.6 Å². The average Bonchev–Trinajstić information content (AvgIpc) is 2.67. The zero-order chi connectivity index (χ0) is 19.4. The van der Waals surface area contributed by atoms with Crippen LogP contribution in [-0.4, -0.2) is 20.9 Å².